The number of rotatable bonds is 8. The van der Waals surface area contributed by atoms with Crippen LogP contribution in [-0.4, -0.2) is 36.4 Å². The fourth-order valence-electron chi connectivity index (χ4n) is 2.48. The van der Waals surface area contributed by atoms with Gasteiger partial charge in [0.25, 0.3) is 0 Å². The Balaban J connectivity index is 1.44. The molecule has 28 heavy (non-hydrogen) atoms. The fraction of sp³-hybridized carbons (Fsp3) is 0.200. The van der Waals surface area contributed by atoms with Gasteiger partial charge in [0.15, 0.2) is 0 Å². The summed E-state index contributed by atoms with van der Waals surface area (Å²) in [6.07, 6.45) is 0.472. The lowest BCUT2D eigenvalue weighted by Gasteiger charge is -2.09. The predicted molar refractivity (Wildman–Crippen MR) is 105 cm³/mol. The van der Waals surface area contributed by atoms with Crippen LogP contribution in [0.1, 0.15) is 20.8 Å². The summed E-state index contributed by atoms with van der Waals surface area (Å²) in [6.45, 7) is 0.711. The molecule has 0 bridgehead atoms. The monoisotopic (exact) mass is 401 g/mol. The highest BCUT2D eigenvalue weighted by atomic mass is 32.1. The van der Waals surface area contributed by atoms with Gasteiger partial charge >= 0.3 is 10.8 Å². The van der Waals surface area contributed by atoms with E-state index >= 15 is 0 Å². The SMILES string of the molecule is COC(=O)c1ccc(OCCOc2ccc(Cc3sc(=O)[nH]c3O)cc2)cc1. The molecule has 8 heteroatoms. The Morgan fingerprint density at radius 3 is 2.07 bits per heavy atom. The van der Waals surface area contributed by atoms with Crippen LogP contribution in [0, 0.1) is 0 Å². The van der Waals surface area contributed by atoms with Crippen molar-refractivity contribution < 1.29 is 24.1 Å². The zero-order chi connectivity index (χ0) is 19.9. The highest BCUT2D eigenvalue weighted by molar-refractivity contribution is 7.09. The standard InChI is InChI=1S/C20H19NO6S/c1-25-19(23)14-4-8-16(9-5-14)27-11-10-26-15-6-2-13(3-7-15)12-17-18(22)21-20(24)28-17/h2-9,22H,10-12H2,1H3,(H,21,24). The van der Waals surface area contributed by atoms with Gasteiger partial charge in [0.05, 0.1) is 17.6 Å². The molecule has 0 saturated carbocycles. The van der Waals surface area contributed by atoms with Crippen LogP contribution in [0.2, 0.25) is 0 Å². The van der Waals surface area contributed by atoms with Crippen molar-refractivity contribution in [3.63, 3.8) is 0 Å². The number of aromatic hydroxyl groups is 1. The molecule has 146 valence electrons. The molecule has 0 amide bonds. The minimum absolute atomic E-state index is 0.0768. The number of esters is 1. The lowest BCUT2D eigenvalue weighted by atomic mass is 10.1. The summed E-state index contributed by atoms with van der Waals surface area (Å²) < 4.78 is 15.9. The second-order valence-electron chi connectivity index (χ2n) is 5.82. The Kier molecular flexibility index (Phi) is 6.33. The van der Waals surface area contributed by atoms with Crippen LogP contribution in [0.5, 0.6) is 17.4 Å². The Labute approximate surface area is 165 Å². The van der Waals surface area contributed by atoms with Crippen molar-refractivity contribution in [2.75, 3.05) is 20.3 Å². The highest BCUT2D eigenvalue weighted by Crippen LogP contribution is 2.21. The summed E-state index contributed by atoms with van der Waals surface area (Å²) in [5.41, 5.74) is 1.42. The zero-order valence-electron chi connectivity index (χ0n) is 15.1. The minimum Gasteiger partial charge on any atom is -0.494 e. The van der Waals surface area contributed by atoms with E-state index in [1.807, 2.05) is 24.3 Å². The third kappa shape index (κ3) is 5.14. The average molecular weight is 401 g/mol. The Bertz CT molecular complexity index is 975. The largest absolute Gasteiger partial charge is 0.494 e. The quantitative estimate of drug-likeness (QED) is 0.445. The molecule has 0 fully saturated rings. The van der Waals surface area contributed by atoms with E-state index in [9.17, 15) is 14.7 Å². The van der Waals surface area contributed by atoms with E-state index in [0.717, 1.165) is 16.9 Å². The van der Waals surface area contributed by atoms with Gasteiger partial charge in [0.2, 0.25) is 5.88 Å². The van der Waals surface area contributed by atoms with Crippen molar-refractivity contribution in [1.29, 1.82) is 0 Å². The number of methoxy groups -OCH3 is 1. The number of hydrogen-bond acceptors (Lipinski definition) is 7. The second-order valence-corrected chi connectivity index (χ2v) is 6.89. The molecule has 0 aliphatic rings. The maximum Gasteiger partial charge on any atom is 0.337 e. The molecule has 0 radical (unpaired) electrons. The van der Waals surface area contributed by atoms with E-state index in [-0.39, 0.29) is 16.7 Å². The van der Waals surface area contributed by atoms with Gasteiger partial charge in [0, 0.05) is 6.42 Å². The third-order valence-corrected chi connectivity index (χ3v) is 4.76. The van der Waals surface area contributed by atoms with Crippen molar-refractivity contribution in [3.8, 4) is 17.4 Å². The van der Waals surface area contributed by atoms with Gasteiger partial charge in [0.1, 0.15) is 24.7 Å². The molecule has 0 aliphatic carbocycles. The Morgan fingerprint density at radius 2 is 1.57 bits per heavy atom. The molecule has 3 rings (SSSR count). The van der Waals surface area contributed by atoms with E-state index < -0.39 is 0 Å². The number of carbonyl (C=O) groups excluding carboxylic acids is 1. The van der Waals surface area contributed by atoms with E-state index in [1.165, 1.54) is 7.11 Å². The van der Waals surface area contributed by atoms with Crippen molar-refractivity contribution >= 4 is 17.3 Å². The van der Waals surface area contributed by atoms with Gasteiger partial charge < -0.3 is 19.3 Å². The molecule has 1 heterocycles. The molecule has 3 aromatic rings. The van der Waals surface area contributed by atoms with E-state index in [2.05, 4.69) is 9.72 Å². The van der Waals surface area contributed by atoms with Crippen LogP contribution in [0.25, 0.3) is 0 Å². The van der Waals surface area contributed by atoms with Crippen molar-refractivity contribution in [1.82, 2.24) is 4.98 Å². The minimum atomic E-state index is -0.390. The number of H-pyrrole nitrogens is 1. The third-order valence-electron chi connectivity index (χ3n) is 3.88. The van der Waals surface area contributed by atoms with Crippen molar-refractivity contribution in [2.24, 2.45) is 0 Å². The number of carbonyl (C=O) groups is 1. The summed E-state index contributed by atoms with van der Waals surface area (Å²) in [5, 5.41) is 9.63. The summed E-state index contributed by atoms with van der Waals surface area (Å²) in [6, 6.07) is 14.1. The fourth-order valence-corrected chi connectivity index (χ4v) is 3.24. The molecule has 0 aliphatic heterocycles. The molecule has 7 nitrogen and oxygen atoms in total. The number of aromatic nitrogens is 1. The molecular formula is C20H19NO6S. The van der Waals surface area contributed by atoms with Crippen LogP contribution >= 0.6 is 11.3 Å². The van der Waals surface area contributed by atoms with Gasteiger partial charge in [-0.05, 0) is 42.0 Å². The lowest BCUT2D eigenvalue weighted by Crippen LogP contribution is -2.09. The molecule has 0 saturated heterocycles. The van der Waals surface area contributed by atoms with Gasteiger partial charge in [-0.15, -0.1) is 0 Å². The first kappa shape index (κ1) is 19.5. The number of thiazole rings is 1. The number of aromatic amines is 1. The lowest BCUT2D eigenvalue weighted by molar-refractivity contribution is 0.0600. The molecule has 0 atom stereocenters. The molecular weight excluding hydrogens is 382 g/mol. The van der Waals surface area contributed by atoms with E-state index in [1.54, 1.807) is 24.3 Å². The summed E-state index contributed by atoms with van der Waals surface area (Å²) in [5.74, 6) is 0.864. The number of hydrogen-bond donors (Lipinski definition) is 2. The van der Waals surface area contributed by atoms with Crippen molar-refractivity contribution in [3.05, 3.63) is 74.2 Å². The maximum atomic E-state index is 11.4. The second kappa shape index (κ2) is 9.09. The molecule has 2 N–H and O–H groups in total. The molecule has 0 spiro atoms. The topological polar surface area (TPSA) is 97.9 Å². The van der Waals surface area contributed by atoms with Gasteiger partial charge in [-0.3, -0.25) is 9.78 Å². The van der Waals surface area contributed by atoms with E-state index in [4.69, 9.17) is 9.47 Å². The first-order valence-electron chi connectivity index (χ1n) is 8.49. The average Bonchev–Trinajstić information content (AvgIpc) is 3.03. The summed E-state index contributed by atoms with van der Waals surface area (Å²) >= 11 is 0.997. The molecule has 0 unspecified atom stereocenters. The number of nitrogens with one attached hydrogen (secondary N) is 1. The van der Waals surface area contributed by atoms with E-state index in [0.29, 0.717) is 41.6 Å². The number of ether oxygens (including phenoxy) is 3. The maximum absolute atomic E-state index is 11.4. The number of benzene rings is 2. The molecule has 1 aromatic heterocycles. The van der Waals surface area contributed by atoms with Crippen LogP contribution in [0.15, 0.2) is 53.3 Å². The summed E-state index contributed by atoms with van der Waals surface area (Å²) in [4.78, 5) is 25.3. The van der Waals surface area contributed by atoms with Crippen LogP contribution < -0.4 is 14.3 Å². The highest BCUT2D eigenvalue weighted by Gasteiger charge is 2.08. The smallest absolute Gasteiger partial charge is 0.337 e. The van der Waals surface area contributed by atoms with Gasteiger partial charge in [-0.25, -0.2) is 4.79 Å². The zero-order valence-corrected chi connectivity index (χ0v) is 16.0. The normalized spacial score (nSPS) is 10.5. The summed E-state index contributed by atoms with van der Waals surface area (Å²) in [7, 11) is 1.34. The predicted octanol–water partition coefficient (Wildman–Crippen LogP) is 2.98. The van der Waals surface area contributed by atoms with Gasteiger partial charge in [-0.2, -0.15) is 0 Å². The van der Waals surface area contributed by atoms with Crippen LogP contribution in [0.4, 0.5) is 0 Å². The van der Waals surface area contributed by atoms with Crippen LogP contribution in [0.3, 0.4) is 0 Å². The van der Waals surface area contributed by atoms with Gasteiger partial charge in [-0.1, -0.05) is 23.5 Å². The van der Waals surface area contributed by atoms with Crippen molar-refractivity contribution in [2.45, 2.75) is 6.42 Å². The van der Waals surface area contributed by atoms with Crippen LogP contribution in [-0.2, 0) is 11.2 Å². The first-order chi connectivity index (χ1) is 13.5. The Morgan fingerprint density at radius 1 is 1.00 bits per heavy atom. The Hall–Kier alpha value is -3.26. The molecule has 2 aromatic carbocycles. The first-order valence-corrected chi connectivity index (χ1v) is 9.30.